The maximum atomic E-state index is 9.98. The monoisotopic (exact) mass is 386 g/mol. The van der Waals surface area contributed by atoms with Gasteiger partial charge in [-0.2, -0.15) is 0 Å². The lowest BCUT2D eigenvalue weighted by atomic mass is 10.0. The second-order valence-electron chi connectivity index (χ2n) is 7.68. The third-order valence-corrected chi connectivity index (χ3v) is 5.25. The van der Waals surface area contributed by atoms with Gasteiger partial charge in [-0.05, 0) is 32.1 Å². The van der Waals surface area contributed by atoms with Crippen LogP contribution < -0.4 is 0 Å². The van der Waals surface area contributed by atoms with E-state index in [1.54, 1.807) is 0 Å². The second kappa shape index (κ2) is 16.5. The summed E-state index contributed by atoms with van der Waals surface area (Å²) in [5, 5.41) is 28.8. The Balaban J connectivity index is 1.89. The standard InChI is InChI=1S/C22H42O5/c1-2-3-4-5-6-7-8-9-10-11-12-13-14-15-16-26-20-18-27-19(17-23)21(24)22(20)25/h11-12,19-25H,2-10,13-18H2,1H3/b12-11+/t19-,20+,21-,22-/m1/s1. The molecular formula is C22H42O5. The molecule has 1 heterocycles. The zero-order chi connectivity index (χ0) is 19.7. The molecule has 5 heteroatoms. The molecule has 1 rings (SSSR count). The van der Waals surface area contributed by atoms with Gasteiger partial charge < -0.3 is 24.8 Å². The smallest absolute Gasteiger partial charge is 0.111 e. The summed E-state index contributed by atoms with van der Waals surface area (Å²) >= 11 is 0. The summed E-state index contributed by atoms with van der Waals surface area (Å²) in [5.74, 6) is 0. The van der Waals surface area contributed by atoms with Crippen molar-refractivity contribution in [1.29, 1.82) is 0 Å². The molecule has 0 saturated carbocycles. The first-order chi connectivity index (χ1) is 13.2. The molecular weight excluding hydrogens is 344 g/mol. The van der Waals surface area contributed by atoms with Crippen molar-refractivity contribution in [1.82, 2.24) is 0 Å². The number of aliphatic hydroxyl groups is 3. The molecule has 160 valence electrons. The van der Waals surface area contributed by atoms with Crippen molar-refractivity contribution in [3.05, 3.63) is 12.2 Å². The number of hydrogen-bond acceptors (Lipinski definition) is 5. The van der Waals surface area contributed by atoms with E-state index >= 15 is 0 Å². The Labute approximate surface area is 165 Å². The van der Waals surface area contributed by atoms with Gasteiger partial charge in [-0.1, -0.05) is 64.0 Å². The molecule has 1 saturated heterocycles. The molecule has 0 spiro atoms. The van der Waals surface area contributed by atoms with Crippen LogP contribution in [0.5, 0.6) is 0 Å². The fourth-order valence-corrected chi connectivity index (χ4v) is 3.39. The van der Waals surface area contributed by atoms with Crippen molar-refractivity contribution in [3.63, 3.8) is 0 Å². The number of aliphatic hydroxyl groups excluding tert-OH is 3. The first-order valence-electron chi connectivity index (χ1n) is 11.1. The van der Waals surface area contributed by atoms with Crippen LogP contribution in [0.4, 0.5) is 0 Å². The van der Waals surface area contributed by atoms with Gasteiger partial charge >= 0.3 is 0 Å². The normalized spacial score (nSPS) is 26.1. The van der Waals surface area contributed by atoms with Crippen molar-refractivity contribution < 1.29 is 24.8 Å². The van der Waals surface area contributed by atoms with Crippen molar-refractivity contribution in [2.75, 3.05) is 19.8 Å². The lowest BCUT2D eigenvalue weighted by molar-refractivity contribution is -0.208. The van der Waals surface area contributed by atoms with E-state index in [0.29, 0.717) is 6.61 Å². The summed E-state index contributed by atoms with van der Waals surface area (Å²) in [7, 11) is 0. The van der Waals surface area contributed by atoms with E-state index in [4.69, 9.17) is 14.6 Å². The lowest BCUT2D eigenvalue weighted by Gasteiger charge is -2.36. The van der Waals surface area contributed by atoms with Crippen molar-refractivity contribution in [2.24, 2.45) is 0 Å². The Bertz CT molecular complexity index is 361. The van der Waals surface area contributed by atoms with E-state index in [1.165, 1.54) is 57.8 Å². The highest BCUT2D eigenvalue weighted by molar-refractivity contribution is 4.87. The Morgan fingerprint density at radius 1 is 0.852 bits per heavy atom. The number of hydrogen-bond donors (Lipinski definition) is 3. The Kier molecular flexibility index (Phi) is 15.0. The van der Waals surface area contributed by atoms with Crippen LogP contribution in [0.15, 0.2) is 12.2 Å². The maximum absolute atomic E-state index is 9.98. The van der Waals surface area contributed by atoms with E-state index in [1.807, 2.05) is 0 Å². The molecule has 0 amide bonds. The second-order valence-corrected chi connectivity index (χ2v) is 7.68. The van der Waals surface area contributed by atoms with Crippen LogP contribution in [-0.2, 0) is 9.47 Å². The predicted molar refractivity (Wildman–Crippen MR) is 109 cm³/mol. The van der Waals surface area contributed by atoms with Gasteiger partial charge in [0.25, 0.3) is 0 Å². The molecule has 5 nitrogen and oxygen atoms in total. The van der Waals surface area contributed by atoms with E-state index in [-0.39, 0.29) is 13.2 Å². The van der Waals surface area contributed by atoms with Gasteiger partial charge in [-0.3, -0.25) is 0 Å². The van der Waals surface area contributed by atoms with Gasteiger partial charge in [0.2, 0.25) is 0 Å². The molecule has 1 fully saturated rings. The summed E-state index contributed by atoms with van der Waals surface area (Å²) in [6.45, 7) is 2.72. The van der Waals surface area contributed by atoms with Gasteiger partial charge in [-0.15, -0.1) is 0 Å². The number of allylic oxidation sites excluding steroid dienone is 2. The fraction of sp³-hybridized carbons (Fsp3) is 0.909. The minimum absolute atomic E-state index is 0.210. The van der Waals surface area contributed by atoms with E-state index < -0.39 is 24.4 Å². The largest absolute Gasteiger partial charge is 0.394 e. The molecule has 27 heavy (non-hydrogen) atoms. The van der Waals surface area contributed by atoms with Gasteiger partial charge in [0.1, 0.15) is 24.4 Å². The first kappa shape index (κ1) is 24.6. The van der Waals surface area contributed by atoms with Crippen molar-refractivity contribution in [2.45, 2.75) is 108 Å². The van der Waals surface area contributed by atoms with Gasteiger partial charge in [0, 0.05) is 6.61 Å². The number of ether oxygens (including phenoxy) is 2. The number of unbranched alkanes of at least 4 members (excludes halogenated alkanes) is 10. The molecule has 0 aromatic heterocycles. The third kappa shape index (κ3) is 11.2. The van der Waals surface area contributed by atoms with Gasteiger partial charge in [0.15, 0.2) is 0 Å². The highest BCUT2D eigenvalue weighted by Crippen LogP contribution is 2.18. The van der Waals surface area contributed by atoms with E-state index in [0.717, 1.165) is 19.3 Å². The molecule has 0 aromatic rings. The summed E-state index contributed by atoms with van der Waals surface area (Å²) in [6.07, 6.45) is 16.4. The van der Waals surface area contributed by atoms with Crippen LogP contribution in [0.2, 0.25) is 0 Å². The molecule has 4 atom stereocenters. The molecule has 0 unspecified atom stereocenters. The lowest BCUT2D eigenvalue weighted by Crippen LogP contribution is -2.55. The molecule has 0 bridgehead atoms. The van der Waals surface area contributed by atoms with Crippen LogP contribution >= 0.6 is 0 Å². The number of rotatable bonds is 16. The van der Waals surface area contributed by atoms with Crippen LogP contribution in [0.25, 0.3) is 0 Å². The summed E-state index contributed by atoms with van der Waals surface area (Å²) in [5.41, 5.74) is 0. The Hall–Kier alpha value is -0.460. The minimum atomic E-state index is -1.09. The molecule has 0 aliphatic carbocycles. The highest BCUT2D eigenvalue weighted by Gasteiger charge is 2.38. The van der Waals surface area contributed by atoms with E-state index in [2.05, 4.69) is 19.1 Å². The zero-order valence-electron chi connectivity index (χ0n) is 17.2. The maximum Gasteiger partial charge on any atom is 0.111 e. The quantitative estimate of drug-likeness (QED) is 0.278. The molecule has 0 aromatic carbocycles. The zero-order valence-corrected chi connectivity index (χ0v) is 17.2. The van der Waals surface area contributed by atoms with Crippen LogP contribution in [0.1, 0.15) is 84.0 Å². The average Bonchev–Trinajstić information content (AvgIpc) is 2.68. The highest BCUT2D eigenvalue weighted by atomic mass is 16.6. The van der Waals surface area contributed by atoms with Gasteiger partial charge in [-0.25, -0.2) is 0 Å². The molecule has 3 N–H and O–H groups in total. The third-order valence-electron chi connectivity index (χ3n) is 5.25. The SMILES string of the molecule is CCCCCCCCCC/C=C/CCCCO[C@H]1CO[C@H](CO)[C@@H](O)[C@@H]1O. The van der Waals surface area contributed by atoms with Crippen LogP contribution in [0, 0.1) is 0 Å². The van der Waals surface area contributed by atoms with Crippen molar-refractivity contribution >= 4 is 0 Å². The van der Waals surface area contributed by atoms with Crippen LogP contribution in [-0.4, -0.2) is 59.6 Å². The predicted octanol–water partition coefficient (Wildman–Crippen LogP) is 3.74. The fourth-order valence-electron chi connectivity index (χ4n) is 3.39. The summed E-state index contributed by atoms with van der Waals surface area (Å²) in [4.78, 5) is 0. The molecule has 1 aliphatic rings. The van der Waals surface area contributed by atoms with Gasteiger partial charge in [0.05, 0.1) is 13.2 Å². The Morgan fingerprint density at radius 2 is 1.44 bits per heavy atom. The van der Waals surface area contributed by atoms with Crippen molar-refractivity contribution in [3.8, 4) is 0 Å². The first-order valence-corrected chi connectivity index (χ1v) is 11.1. The average molecular weight is 387 g/mol. The molecule has 0 radical (unpaired) electrons. The van der Waals surface area contributed by atoms with Crippen LogP contribution in [0.3, 0.4) is 0 Å². The molecule has 1 aliphatic heterocycles. The Morgan fingerprint density at radius 3 is 2.07 bits per heavy atom. The minimum Gasteiger partial charge on any atom is -0.394 e. The summed E-state index contributed by atoms with van der Waals surface area (Å²) < 4.78 is 10.9. The topological polar surface area (TPSA) is 79.2 Å². The summed E-state index contributed by atoms with van der Waals surface area (Å²) in [6, 6.07) is 0. The van der Waals surface area contributed by atoms with E-state index in [9.17, 15) is 10.2 Å².